The maximum atomic E-state index is 12.9. The van der Waals surface area contributed by atoms with Crippen molar-refractivity contribution in [3.63, 3.8) is 0 Å². The second-order valence-corrected chi connectivity index (χ2v) is 8.28. The Morgan fingerprint density at radius 1 is 1.06 bits per heavy atom. The molecule has 1 saturated heterocycles. The Morgan fingerprint density at radius 3 is 2.45 bits per heavy atom. The van der Waals surface area contributed by atoms with Crippen LogP contribution in [0.1, 0.15) is 55.8 Å². The fourth-order valence-corrected chi connectivity index (χ4v) is 4.54. The predicted molar refractivity (Wildman–Crippen MR) is 123 cm³/mol. The van der Waals surface area contributed by atoms with Crippen molar-refractivity contribution in [1.29, 1.82) is 0 Å². The van der Waals surface area contributed by atoms with Crippen LogP contribution in [0.15, 0.2) is 30.3 Å². The minimum absolute atomic E-state index is 0.237. The summed E-state index contributed by atoms with van der Waals surface area (Å²) < 4.78 is 7.83. The molecule has 31 heavy (non-hydrogen) atoms. The van der Waals surface area contributed by atoms with Gasteiger partial charge in [0, 0.05) is 30.5 Å². The van der Waals surface area contributed by atoms with E-state index in [-0.39, 0.29) is 5.91 Å². The molecule has 0 aliphatic carbocycles. The number of fused-ring (bicyclic) bond motifs is 1. The van der Waals surface area contributed by atoms with Crippen LogP contribution in [0.5, 0.6) is 5.88 Å². The quantitative estimate of drug-likeness (QED) is 0.576. The highest BCUT2D eigenvalue weighted by atomic mass is 16.5. The summed E-state index contributed by atoms with van der Waals surface area (Å²) in [6.07, 6.45) is 5.79. The van der Waals surface area contributed by atoms with Crippen molar-refractivity contribution >= 4 is 16.9 Å². The van der Waals surface area contributed by atoms with Gasteiger partial charge >= 0.3 is 0 Å². The number of carbonyl (C=O) groups is 1. The van der Waals surface area contributed by atoms with Gasteiger partial charge in [-0.25, -0.2) is 4.68 Å². The summed E-state index contributed by atoms with van der Waals surface area (Å²) in [5.41, 5.74) is 4.84. The molecule has 1 amide bonds. The molecule has 0 N–H and O–H groups in total. The molecule has 0 spiro atoms. The fourth-order valence-electron chi connectivity index (χ4n) is 4.54. The van der Waals surface area contributed by atoms with E-state index in [4.69, 9.17) is 14.8 Å². The first-order valence-corrected chi connectivity index (χ1v) is 11.4. The molecule has 1 aromatic carbocycles. The molecule has 6 heteroatoms. The highest BCUT2D eigenvalue weighted by molar-refractivity contribution is 5.86. The van der Waals surface area contributed by atoms with Gasteiger partial charge in [0.2, 0.25) is 11.8 Å². The van der Waals surface area contributed by atoms with E-state index in [0.29, 0.717) is 25.3 Å². The van der Waals surface area contributed by atoms with E-state index in [1.807, 2.05) is 53.8 Å². The average molecular weight is 421 g/mol. The minimum Gasteiger partial charge on any atom is -0.478 e. The first-order valence-electron chi connectivity index (χ1n) is 11.4. The molecule has 0 unspecified atom stereocenters. The van der Waals surface area contributed by atoms with Gasteiger partial charge in [-0.2, -0.15) is 10.1 Å². The smallest absolute Gasteiger partial charge is 0.222 e. The number of carbonyl (C=O) groups excluding carboxylic acids is 1. The molecular formula is C25H32N4O2. The molecular weight excluding hydrogens is 388 g/mol. The number of nitrogens with zero attached hydrogens (tertiary/aromatic N) is 4. The van der Waals surface area contributed by atoms with E-state index >= 15 is 0 Å². The highest BCUT2D eigenvalue weighted by Crippen LogP contribution is 2.32. The number of hydrogen-bond donors (Lipinski definition) is 0. The van der Waals surface area contributed by atoms with Crippen molar-refractivity contribution in [1.82, 2.24) is 19.7 Å². The zero-order chi connectivity index (χ0) is 21.8. The van der Waals surface area contributed by atoms with E-state index in [0.717, 1.165) is 59.5 Å². The van der Waals surface area contributed by atoms with Gasteiger partial charge in [0.15, 0.2) is 5.65 Å². The SMILES string of the molecule is CCOc1nc2c(c(C)nn2-c2ccccc2)c(C)c1CCC(=O)N1CCCCCC1. The number of pyridine rings is 1. The largest absolute Gasteiger partial charge is 0.478 e. The first kappa shape index (κ1) is 21.3. The summed E-state index contributed by atoms with van der Waals surface area (Å²) in [6.45, 7) is 8.38. The van der Waals surface area contributed by atoms with Crippen molar-refractivity contribution in [3.05, 3.63) is 47.2 Å². The number of aromatic nitrogens is 3. The normalized spacial score (nSPS) is 14.6. The first-order chi connectivity index (χ1) is 15.1. The molecule has 0 atom stereocenters. The molecule has 4 rings (SSSR count). The van der Waals surface area contributed by atoms with Gasteiger partial charge in [0.1, 0.15) is 0 Å². The van der Waals surface area contributed by atoms with E-state index < -0.39 is 0 Å². The monoisotopic (exact) mass is 420 g/mol. The lowest BCUT2D eigenvalue weighted by molar-refractivity contribution is -0.131. The number of amides is 1. The molecule has 1 aliphatic heterocycles. The second-order valence-electron chi connectivity index (χ2n) is 8.28. The lowest BCUT2D eigenvalue weighted by Crippen LogP contribution is -2.32. The average Bonchev–Trinajstić information content (AvgIpc) is 2.94. The van der Waals surface area contributed by atoms with Crippen LogP contribution in [0.4, 0.5) is 0 Å². The Labute approximate surface area is 184 Å². The Bertz CT molecular complexity index is 1050. The molecule has 3 aromatic rings. The molecule has 2 aromatic heterocycles. The number of ether oxygens (including phenoxy) is 1. The number of aryl methyl sites for hydroxylation is 2. The van der Waals surface area contributed by atoms with Crippen LogP contribution in [-0.4, -0.2) is 45.3 Å². The summed E-state index contributed by atoms with van der Waals surface area (Å²) in [4.78, 5) is 19.8. The van der Waals surface area contributed by atoms with Crippen molar-refractivity contribution in [2.24, 2.45) is 0 Å². The van der Waals surface area contributed by atoms with E-state index in [1.54, 1.807) is 0 Å². The van der Waals surface area contributed by atoms with Crippen LogP contribution < -0.4 is 4.74 Å². The summed E-state index contributed by atoms with van der Waals surface area (Å²) in [5, 5.41) is 5.81. The molecule has 1 aliphatic rings. The molecule has 3 heterocycles. The van der Waals surface area contributed by atoms with Gasteiger partial charge in [0.25, 0.3) is 0 Å². The lowest BCUT2D eigenvalue weighted by Gasteiger charge is -2.21. The van der Waals surface area contributed by atoms with Gasteiger partial charge in [-0.15, -0.1) is 0 Å². The molecule has 1 fully saturated rings. The van der Waals surface area contributed by atoms with Crippen molar-refractivity contribution in [2.45, 2.75) is 59.3 Å². The maximum absolute atomic E-state index is 12.9. The van der Waals surface area contributed by atoms with Gasteiger partial charge in [-0.05, 0) is 57.7 Å². The standard InChI is InChI=1S/C25H32N4O2/c1-4-31-25-21(14-15-22(30)28-16-10-5-6-11-17-28)18(2)23-19(3)27-29(24(23)26-25)20-12-8-7-9-13-20/h7-9,12-13H,4-6,10-11,14-17H2,1-3H3. The van der Waals surface area contributed by atoms with Gasteiger partial charge in [-0.1, -0.05) is 31.0 Å². The van der Waals surface area contributed by atoms with Crippen molar-refractivity contribution in [2.75, 3.05) is 19.7 Å². The summed E-state index contributed by atoms with van der Waals surface area (Å²) in [6, 6.07) is 10.0. The Morgan fingerprint density at radius 2 is 1.77 bits per heavy atom. The second kappa shape index (κ2) is 9.50. The molecule has 164 valence electrons. The summed E-state index contributed by atoms with van der Waals surface area (Å²) in [7, 11) is 0. The number of benzene rings is 1. The van der Waals surface area contributed by atoms with Gasteiger partial charge < -0.3 is 9.64 Å². The fraction of sp³-hybridized carbons (Fsp3) is 0.480. The zero-order valence-corrected chi connectivity index (χ0v) is 18.9. The summed E-state index contributed by atoms with van der Waals surface area (Å²) >= 11 is 0. The van der Waals surface area contributed by atoms with Crippen LogP contribution >= 0.6 is 0 Å². The Hall–Kier alpha value is -2.89. The molecule has 0 saturated carbocycles. The molecule has 0 bridgehead atoms. The molecule has 6 nitrogen and oxygen atoms in total. The van der Waals surface area contributed by atoms with Crippen LogP contribution in [0.3, 0.4) is 0 Å². The highest BCUT2D eigenvalue weighted by Gasteiger charge is 2.22. The van der Waals surface area contributed by atoms with Crippen LogP contribution in [0.25, 0.3) is 16.7 Å². The van der Waals surface area contributed by atoms with Crippen LogP contribution in [0.2, 0.25) is 0 Å². The van der Waals surface area contributed by atoms with Crippen LogP contribution in [0, 0.1) is 13.8 Å². The van der Waals surface area contributed by atoms with E-state index in [1.165, 1.54) is 12.8 Å². The summed E-state index contributed by atoms with van der Waals surface area (Å²) in [5.74, 6) is 0.855. The van der Waals surface area contributed by atoms with Crippen molar-refractivity contribution < 1.29 is 9.53 Å². The zero-order valence-electron chi connectivity index (χ0n) is 18.9. The lowest BCUT2D eigenvalue weighted by atomic mass is 10.0. The topological polar surface area (TPSA) is 60.3 Å². The minimum atomic E-state index is 0.237. The van der Waals surface area contributed by atoms with Gasteiger partial charge in [-0.3, -0.25) is 4.79 Å². The Balaban J connectivity index is 1.68. The maximum Gasteiger partial charge on any atom is 0.222 e. The predicted octanol–water partition coefficient (Wildman–Crippen LogP) is 4.77. The van der Waals surface area contributed by atoms with E-state index in [2.05, 4.69) is 6.92 Å². The Kier molecular flexibility index (Phi) is 6.54. The van der Waals surface area contributed by atoms with Crippen molar-refractivity contribution in [3.8, 4) is 11.6 Å². The van der Waals surface area contributed by atoms with Gasteiger partial charge in [0.05, 0.1) is 18.0 Å². The molecule has 0 radical (unpaired) electrons. The third kappa shape index (κ3) is 4.43. The van der Waals surface area contributed by atoms with Crippen LogP contribution in [-0.2, 0) is 11.2 Å². The number of hydrogen-bond acceptors (Lipinski definition) is 4. The third-order valence-corrected chi connectivity index (χ3v) is 6.16. The third-order valence-electron chi connectivity index (χ3n) is 6.16. The number of rotatable bonds is 6. The number of para-hydroxylation sites is 1. The van der Waals surface area contributed by atoms with E-state index in [9.17, 15) is 4.79 Å². The number of likely N-dealkylation sites (tertiary alicyclic amines) is 1.